The molecule has 2 heterocycles. The summed E-state index contributed by atoms with van der Waals surface area (Å²) in [6, 6.07) is 4.33. The molecule has 0 aromatic carbocycles. The van der Waals surface area contributed by atoms with Gasteiger partial charge in [0.05, 0.1) is 4.88 Å². The van der Waals surface area contributed by atoms with E-state index in [0.717, 1.165) is 37.4 Å². The van der Waals surface area contributed by atoms with Crippen LogP contribution in [0.5, 0.6) is 0 Å². The molecular formula is C13H20N2OS. The van der Waals surface area contributed by atoms with Crippen LogP contribution in [-0.4, -0.2) is 36.5 Å². The van der Waals surface area contributed by atoms with Gasteiger partial charge in [-0.1, -0.05) is 0 Å². The summed E-state index contributed by atoms with van der Waals surface area (Å²) in [5.41, 5.74) is 0. The lowest BCUT2D eigenvalue weighted by Crippen LogP contribution is -2.48. The van der Waals surface area contributed by atoms with Gasteiger partial charge in [-0.25, -0.2) is 0 Å². The molecule has 1 aliphatic rings. The first-order valence-electron chi connectivity index (χ1n) is 6.30. The highest BCUT2D eigenvalue weighted by atomic mass is 32.1. The Morgan fingerprint density at radius 2 is 2.41 bits per heavy atom. The van der Waals surface area contributed by atoms with Gasteiger partial charge >= 0.3 is 0 Å². The summed E-state index contributed by atoms with van der Waals surface area (Å²) in [7, 11) is 0. The first-order valence-corrected chi connectivity index (χ1v) is 7.12. The fraction of sp³-hybridized carbons (Fsp3) is 0.615. The number of hydrogen-bond donors (Lipinski definition) is 1. The molecule has 0 aliphatic carbocycles. The van der Waals surface area contributed by atoms with E-state index >= 15 is 0 Å². The Morgan fingerprint density at radius 1 is 1.59 bits per heavy atom. The summed E-state index contributed by atoms with van der Waals surface area (Å²) in [4.78, 5) is 16.5. The van der Waals surface area contributed by atoms with Gasteiger partial charge in [0.15, 0.2) is 0 Å². The Kier molecular flexibility index (Phi) is 4.18. The molecule has 0 saturated carbocycles. The topological polar surface area (TPSA) is 32.3 Å². The highest BCUT2D eigenvalue weighted by Crippen LogP contribution is 2.20. The molecule has 1 amide bonds. The third-order valence-electron chi connectivity index (χ3n) is 3.26. The average molecular weight is 252 g/mol. The third kappa shape index (κ3) is 2.87. The van der Waals surface area contributed by atoms with Crippen molar-refractivity contribution in [3.05, 3.63) is 21.9 Å². The first kappa shape index (κ1) is 12.6. The largest absolute Gasteiger partial charge is 0.334 e. The van der Waals surface area contributed by atoms with Crippen LogP contribution in [0, 0.1) is 6.92 Å². The minimum atomic E-state index is 0.194. The third-order valence-corrected chi connectivity index (χ3v) is 4.25. The van der Waals surface area contributed by atoms with Crippen LogP contribution in [0.4, 0.5) is 0 Å². The molecule has 0 radical (unpaired) electrons. The Morgan fingerprint density at radius 3 is 2.94 bits per heavy atom. The van der Waals surface area contributed by atoms with Crippen LogP contribution in [0.2, 0.25) is 0 Å². The number of nitrogens with one attached hydrogen (secondary N) is 1. The van der Waals surface area contributed by atoms with E-state index in [0.29, 0.717) is 6.04 Å². The molecule has 1 aromatic rings. The summed E-state index contributed by atoms with van der Waals surface area (Å²) in [5, 5.41) is 3.37. The molecule has 1 atom stereocenters. The molecule has 4 heteroatoms. The zero-order chi connectivity index (χ0) is 12.3. The van der Waals surface area contributed by atoms with Crippen molar-refractivity contribution in [2.45, 2.75) is 32.7 Å². The van der Waals surface area contributed by atoms with Gasteiger partial charge in [0, 0.05) is 24.0 Å². The Hall–Kier alpha value is -0.870. The van der Waals surface area contributed by atoms with Crippen LogP contribution in [0.1, 0.15) is 34.3 Å². The van der Waals surface area contributed by atoms with Crippen molar-refractivity contribution in [2.75, 3.05) is 19.6 Å². The molecular weight excluding hydrogens is 232 g/mol. The Bertz CT molecular complexity index is 383. The molecule has 94 valence electrons. The fourth-order valence-electron chi connectivity index (χ4n) is 2.36. The maximum atomic E-state index is 12.4. The van der Waals surface area contributed by atoms with Gasteiger partial charge in [0.25, 0.3) is 5.91 Å². The number of carbonyl (C=O) groups excluding carboxylic acids is 1. The van der Waals surface area contributed by atoms with Crippen LogP contribution in [-0.2, 0) is 0 Å². The zero-order valence-electron chi connectivity index (χ0n) is 10.5. The molecule has 1 aliphatic heterocycles. The standard InChI is InChI=1S/C13H20N2OS/c1-3-15(11-5-4-8-14-9-11)13(16)12-7-6-10(2)17-12/h6-7,11,14H,3-5,8-9H2,1-2H3. The van der Waals surface area contributed by atoms with Gasteiger partial charge < -0.3 is 10.2 Å². The summed E-state index contributed by atoms with van der Waals surface area (Å²) in [6.45, 7) is 6.92. The summed E-state index contributed by atoms with van der Waals surface area (Å²) in [6.07, 6.45) is 2.29. The quantitative estimate of drug-likeness (QED) is 0.895. The minimum absolute atomic E-state index is 0.194. The molecule has 0 bridgehead atoms. The lowest BCUT2D eigenvalue weighted by molar-refractivity contribution is 0.0667. The van der Waals surface area contributed by atoms with Crippen molar-refractivity contribution in [2.24, 2.45) is 0 Å². The van der Waals surface area contributed by atoms with Crippen LogP contribution in [0.15, 0.2) is 12.1 Å². The lowest BCUT2D eigenvalue weighted by Gasteiger charge is -2.33. The zero-order valence-corrected chi connectivity index (χ0v) is 11.3. The minimum Gasteiger partial charge on any atom is -0.334 e. The number of amides is 1. The molecule has 1 fully saturated rings. The Labute approximate surface area is 107 Å². The van der Waals surface area contributed by atoms with E-state index < -0.39 is 0 Å². The SMILES string of the molecule is CCN(C(=O)c1ccc(C)s1)C1CCCNC1. The van der Waals surface area contributed by atoms with Gasteiger partial charge in [-0.15, -0.1) is 11.3 Å². The van der Waals surface area contributed by atoms with E-state index in [4.69, 9.17) is 0 Å². The number of rotatable bonds is 3. The normalized spacial score (nSPS) is 20.2. The molecule has 3 nitrogen and oxygen atoms in total. The highest BCUT2D eigenvalue weighted by molar-refractivity contribution is 7.13. The molecule has 17 heavy (non-hydrogen) atoms. The molecule has 1 N–H and O–H groups in total. The van der Waals surface area contributed by atoms with Crippen LogP contribution in [0.3, 0.4) is 0 Å². The van der Waals surface area contributed by atoms with Crippen LogP contribution < -0.4 is 5.32 Å². The van der Waals surface area contributed by atoms with Crippen LogP contribution in [0.25, 0.3) is 0 Å². The second-order valence-electron chi connectivity index (χ2n) is 4.50. The molecule has 2 rings (SSSR count). The number of aryl methyl sites for hydroxylation is 1. The van der Waals surface area contributed by atoms with E-state index in [2.05, 4.69) is 12.2 Å². The summed E-state index contributed by atoms with van der Waals surface area (Å²) >= 11 is 1.59. The number of thiophene rings is 1. The van der Waals surface area contributed by atoms with Crippen molar-refractivity contribution < 1.29 is 4.79 Å². The maximum absolute atomic E-state index is 12.4. The number of carbonyl (C=O) groups is 1. The smallest absolute Gasteiger partial charge is 0.264 e. The van der Waals surface area contributed by atoms with Gasteiger partial charge in [-0.05, 0) is 45.4 Å². The number of likely N-dealkylation sites (N-methyl/N-ethyl adjacent to an activating group) is 1. The second kappa shape index (κ2) is 5.65. The number of nitrogens with zero attached hydrogens (tertiary/aromatic N) is 1. The van der Waals surface area contributed by atoms with Gasteiger partial charge in [-0.2, -0.15) is 0 Å². The van der Waals surface area contributed by atoms with Crippen molar-refractivity contribution in [1.29, 1.82) is 0 Å². The number of piperidine rings is 1. The molecule has 0 spiro atoms. The van der Waals surface area contributed by atoms with Gasteiger partial charge in [0.2, 0.25) is 0 Å². The summed E-state index contributed by atoms with van der Waals surface area (Å²) < 4.78 is 0. The lowest BCUT2D eigenvalue weighted by atomic mass is 10.1. The van der Waals surface area contributed by atoms with Crippen molar-refractivity contribution in [3.63, 3.8) is 0 Å². The van der Waals surface area contributed by atoms with E-state index in [1.54, 1.807) is 11.3 Å². The first-order chi connectivity index (χ1) is 8.22. The van der Waals surface area contributed by atoms with Crippen LogP contribution >= 0.6 is 11.3 Å². The second-order valence-corrected chi connectivity index (χ2v) is 5.79. The molecule has 1 unspecified atom stereocenters. The fourth-order valence-corrected chi connectivity index (χ4v) is 3.18. The van der Waals surface area contributed by atoms with Gasteiger partial charge in [-0.3, -0.25) is 4.79 Å². The molecule has 1 aromatic heterocycles. The van der Waals surface area contributed by atoms with E-state index in [1.165, 1.54) is 4.88 Å². The van der Waals surface area contributed by atoms with Crippen molar-refractivity contribution in [3.8, 4) is 0 Å². The number of hydrogen-bond acceptors (Lipinski definition) is 3. The van der Waals surface area contributed by atoms with Gasteiger partial charge in [0.1, 0.15) is 0 Å². The van der Waals surface area contributed by atoms with E-state index in [9.17, 15) is 4.79 Å². The Balaban J connectivity index is 2.09. The summed E-state index contributed by atoms with van der Waals surface area (Å²) in [5.74, 6) is 0.194. The van der Waals surface area contributed by atoms with Crippen molar-refractivity contribution >= 4 is 17.2 Å². The highest BCUT2D eigenvalue weighted by Gasteiger charge is 2.25. The monoisotopic (exact) mass is 252 g/mol. The predicted molar refractivity (Wildman–Crippen MR) is 71.7 cm³/mol. The predicted octanol–water partition coefficient (Wildman–Crippen LogP) is 2.27. The van der Waals surface area contributed by atoms with E-state index in [1.807, 2.05) is 24.0 Å². The van der Waals surface area contributed by atoms with Crippen molar-refractivity contribution in [1.82, 2.24) is 10.2 Å². The van der Waals surface area contributed by atoms with E-state index in [-0.39, 0.29) is 5.91 Å². The maximum Gasteiger partial charge on any atom is 0.264 e. The molecule has 1 saturated heterocycles. The average Bonchev–Trinajstić information content (AvgIpc) is 2.78.